The van der Waals surface area contributed by atoms with Crippen LogP contribution >= 0.6 is 27.7 Å². The Labute approximate surface area is 162 Å². The van der Waals surface area contributed by atoms with Gasteiger partial charge in [-0.05, 0) is 48.5 Å². The van der Waals surface area contributed by atoms with Gasteiger partial charge in [0.05, 0.1) is 5.69 Å². The number of benzene rings is 2. The standard InChI is InChI=1S/C18H15BrFN3O2S/c1-23-16(24)10-15(17(25)21-13-8-4-12(20)5-9-13)26-18(23)22-14-6-2-11(19)3-7-14/h2-9,15H,10H2,1H3,(H,21,25). The number of carbonyl (C=O) groups excluding carboxylic acids is 2. The Morgan fingerprint density at radius 2 is 1.88 bits per heavy atom. The van der Waals surface area contributed by atoms with Crippen LogP contribution in [0.3, 0.4) is 0 Å². The number of hydrogen-bond acceptors (Lipinski definition) is 4. The molecule has 0 spiro atoms. The lowest BCUT2D eigenvalue weighted by Crippen LogP contribution is -2.43. The van der Waals surface area contributed by atoms with E-state index in [1.54, 1.807) is 7.05 Å². The Kier molecular flexibility index (Phi) is 5.73. The van der Waals surface area contributed by atoms with Crippen LogP contribution in [0.25, 0.3) is 0 Å². The zero-order valence-electron chi connectivity index (χ0n) is 13.8. The van der Waals surface area contributed by atoms with Gasteiger partial charge in [-0.15, -0.1) is 0 Å². The van der Waals surface area contributed by atoms with E-state index in [1.807, 2.05) is 24.3 Å². The van der Waals surface area contributed by atoms with E-state index < -0.39 is 5.25 Å². The minimum atomic E-state index is -0.599. The van der Waals surface area contributed by atoms with Crippen molar-refractivity contribution in [3.63, 3.8) is 0 Å². The van der Waals surface area contributed by atoms with Gasteiger partial charge in [0, 0.05) is 23.6 Å². The number of thioether (sulfide) groups is 1. The first-order chi connectivity index (χ1) is 12.4. The fourth-order valence-corrected chi connectivity index (χ4v) is 3.61. The lowest BCUT2D eigenvalue weighted by Gasteiger charge is -2.28. The van der Waals surface area contributed by atoms with Crippen molar-refractivity contribution in [1.29, 1.82) is 0 Å². The topological polar surface area (TPSA) is 61.8 Å². The number of anilines is 1. The van der Waals surface area contributed by atoms with E-state index in [1.165, 1.54) is 40.9 Å². The Morgan fingerprint density at radius 1 is 1.23 bits per heavy atom. The third-order valence-electron chi connectivity index (χ3n) is 3.72. The summed E-state index contributed by atoms with van der Waals surface area (Å²) >= 11 is 4.59. The molecule has 134 valence electrons. The molecule has 1 heterocycles. The number of nitrogens with zero attached hydrogens (tertiary/aromatic N) is 2. The van der Waals surface area contributed by atoms with E-state index in [-0.39, 0.29) is 24.1 Å². The predicted octanol–water partition coefficient (Wildman–Crippen LogP) is 4.18. The molecule has 2 aromatic rings. The highest BCUT2D eigenvalue weighted by Crippen LogP contribution is 2.29. The zero-order valence-corrected chi connectivity index (χ0v) is 16.2. The molecule has 1 fully saturated rings. The van der Waals surface area contributed by atoms with Gasteiger partial charge in [0.1, 0.15) is 11.1 Å². The summed E-state index contributed by atoms with van der Waals surface area (Å²) in [5, 5.41) is 2.57. The van der Waals surface area contributed by atoms with E-state index in [4.69, 9.17) is 0 Å². The molecule has 0 saturated carbocycles. The van der Waals surface area contributed by atoms with Crippen molar-refractivity contribution in [1.82, 2.24) is 4.90 Å². The molecule has 1 saturated heterocycles. The summed E-state index contributed by atoms with van der Waals surface area (Å²) in [4.78, 5) is 30.7. The molecule has 1 unspecified atom stereocenters. The molecular weight excluding hydrogens is 421 g/mol. The molecule has 1 aliphatic rings. The number of amides is 2. The summed E-state index contributed by atoms with van der Waals surface area (Å²) in [7, 11) is 1.64. The van der Waals surface area contributed by atoms with E-state index in [0.717, 1.165) is 4.47 Å². The third kappa shape index (κ3) is 4.50. The number of hydrogen-bond donors (Lipinski definition) is 1. The fraction of sp³-hybridized carbons (Fsp3) is 0.167. The zero-order chi connectivity index (χ0) is 18.7. The van der Waals surface area contributed by atoms with Gasteiger partial charge in [-0.2, -0.15) is 0 Å². The van der Waals surface area contributed by atoms with E-state index in [9.17, 15) is 14.0 Å². The maximum Gasteiger partial charge on any atom is 0.238 e. The SMILES string of the molecule is CN1C(=O)CC(C(=O)Nc2ccc(F)cc2)SC1=Nc1ccc(Br)cc1. The first-order valence-corrected chi connectivity index (χ1v) is 9.43. The minimum Gasteiger partial charge on any atom is -0.325 e. The lowest BCUT2D eigenvalue weighted by molar-refractivity contribution is -0.128. The molecule has 0 aromatic heterocycles. The molecule has 3 rings (SSSR count). The number of aliphatic imine (C=N–C) groups is 1. The van der Waals surface area contributed by atoms with Crippen LogP contribution in [0.4, 0.5) is 15.8 Å². The second-order valence-corrected chi connectivity index (χ2v) is 7.72. The monoisotopic (exact) mass is 435 g/mol. The van der Waals surface area contributed by atoms with Crippen molar-refractivity contribution < 1.29 is 14.0 Å². The van der Waals surface area contributed by atoms with Gasteiger partial charge < -0.3 is 5.32 Å². The minimum absolute atomic E-state index is 0.0769. The summed E-state index contributed by atoms with van der Waals surface area (Å²) < 4.78 is 13.9. The van der Waals surface area contributed by atoms with Crippen molar-refractivity contribution in [3.8, 4) is 0 Å². The second-order valence-electron chi connectivity index (χ2n) is 5.63. The van der Waals surface area contributed by atoms with Crippen molar-refractivity contribution in [2.75, 3.05) is 12.4 Å². The van der Waals surface area contributed by atoms with E-state index in [2.05, 4.69) is 26.2 Å². The van der Waals surface area contributed by atoms with Gasteiger partial charge in [-0.3, -0.25) is 14.5 Å². The molecule has 2 aromatic carbocycles. The molecule has 1 aliphatic heterocycles. The van der Waals surface area contributed by atoms with Gasteiger partial charge >= 0.3 is 0 Å². The summed E-state index contributed by atoms with van der Waals surface area (Å²) in [6, 6.07) is 12.8. The van der Waals surface area contributed by atoms with Crippen LogP contribution in [-0.2, 0) is 9.59 Å². The largest absolute Gasteiger partial charge is 0.325 e. The summed E-state index contributed by atoms with van der Waals surface area (Å²) in [5.74, 6) is -0.874. The van der Waals surface area contributed by atoms with Crippen LogP contribution in [0, 0.1) is 5.82 Å². The van der Waals surface area contributed by atoms with Crippen LogP contribution in [0.5, 0.6) is 0 Å². The number of halogens is 2. The highest BCUT2D eigenvalue weighted by molar-refractivity contribution is 9.10. The first-order valence-electron chi connectivity index (χ1n) is 7.76. The molecule has 0 bridgehead atoms. The highest BCUT2D eigenvalue weighted by atomic mass is 79.9. The van der Waals surface area contributed by atoms with Gasteiger partial charge in [0.25, 0.3) is 0 Å². The molecule has 8 heteroatoms. The maximum absolute atomic E-state index is 13.0. The molecule has 2 amide bonds. The molecule has 26 heavy (non-hydrogen) atoms. The van der Waals surface area contributed by atoms with E-state index >= 15 is 0 Å². The summed E-state index contributed by atoms with van der Waals surface area (Å²) in [6.07, 6.45) is 0.0769. The fourth-order valence-electron chi connectivity index (χ4n) is 2.28. The number of rotatable bonds is 3. The molecule has 1 N–H and O–H groups in total. The number of nitrogens with one attached hydrogen (secondary N) is 1. The number of carbonyl (C=O) groups is 2. The Morgan fingerprint density at radius 3 is 2.54 bits per heavy atom. The Balaban J connectivity index is 1.76. The quantitative estimate of drug-likeness (QED) is 0.786. The van der Waals surface area contributed by atoms with Crippen LogP contribution in [0.15, 0.2) is 58.0 Å². The van der Waals surface area contributed by atoms with Crippen LogP contribution in [0.1, 0.15) is 6.42 Å². The average molecular weight is 436 g/mol. The average Bonchev–Trinajstić information content (AvgIpc) is 2.62. The third-order valence-corrected chi connectivity index (χ3v) is 5.49. The molecule has 0 radical (unpaired) electrons. The van der Waals surface area contributed by atoms with Crippen LogP contribution in [-0.4, -0.2) is 34.2 Å². The van der Waals surface area contributed by atoms with Crippen molar-refractivity contribution >= 4 is 56.0 Å². The molecule has 0 aliphatic carbocycles. The predicted molar refractivity (Wildman–Crippen MR) is 105 cm³/mol. The first kappa shape index (κ1) is 18.6. The second kappa shape index (κ2) is 8.01. The van der Waals surface area contributed by atoms with Gasteiger partial charge in [-0.25, -0.2) is 9.38 Å². The number of amidine groups is 1. The smallest absolute Gasteiger partial charge is 0.238 e. The van der Waals surface area contributed by atoms with Gasteiger partial charge in [0.2, 0.25) is 11.8 Å². The maximum atomic E-state index is 13.0. The lowest BCUT2D eigenvalue weighted by atomic mass is 10.2. The van der Waals surface area contributed by atoms with Crippen molar-refractivity contribution in [3.05, 3.63) is 58.8 Å². The summed E-state index contributed by atoms with van der Waals surface area (Å²) in [6.45, 7) is 0. The molecule has 1 atom stereocenters. The van der Waals surface area contributed by atoms with Crippen molar-refractivity contribution in [2.45, 2.75) is 11.7 Å². The van der Waals surface area contributed by atoms with Gasteiger partial charge in [-0.1, -0.05) is 27.7 Å². The van der Waals surface area contributed by atoms with Crippen LogP contribution in [0.2, 0.25) is 0 Å². The Hall–Kier alpha value is -2.19. The normalized spacial score (nSPS) is 18.9. The van der Waals surface area contributed by atoms with Crippen LogP contribution < -0.4 is 5.32 Å². The molecular formula is C18H15BrFN3O2S. The highest BCUT2D eigenvalue weighted by Gasteiger charge is 2.34. The van der Waals surface area contributed by atoms with E-state index in [0.29, 0.717) is 16.5 Å². The molecule has 5 nitrogen and oxygen atoms in total. The van der Waals surface area contributed by atoms with Crippen molar-refractivity contribution in [2.24, 2.45) is 4.99 Å². The van der Waals surface area contributed by atoms with Gasteiger partial charge in [0.15, 0.2) is 5.17 Å². The summed E-state index contributed by atoms with van der Waals surface area (Å²) in [5.41, 5.74) is 1.17. The Bertz CT molecular complexity index is 856.